The standard InChI is InChI=1S/C15H16BrClN4O/c1-19-5-4-18-15(19)21-8-6-20(7-9-21)14(22)12-10-11(16)2-3-13(12)17/h2-5,10H,6-9H2,1H3. The summed E-state index contributed by atoms with van der Waals surface area (Å²) in [6.07, 6.45) is 3.71. The number of carbonyl (C=O) groups excluding carboxylic acids is 1. The number of imidazole rings is 1. The minimum absolute atomic E-state index is 0.0224. The third-order valence-corrected chi connectivity index (χ3v) is 4.63. The zero-order valence-corrected chi connectivity index (χ0v) is 14.5. The van der Waals surface area contributed by atoms with Crippen molar-refractivity contribution in [2.45, 2.75) is 0 Å². The Morgan fingerprint density at radius 2 is 2.00 bits per heavy atom. The van der Waals surface area contributed by atoms with Crippen molar-refractivity contribution in [2.24, 2.45) is 7.05 Å². The van der Waals surface area contributed by atoms with E-state index in [1.807, 2.05) is 28.8 Å². The Kier molecular flexibility index (Phi) is 4.40. The summed E-state index contributed by atoms with van der Waals surface area (Å²) in [5.41, 5.74) is 0.543. The number of amides is 1. The maximum atomic E-state index is 12.6. The first-order valence-electron chi connectivity index (χ1n) is 7.03. The molecule has 0 unspecified atom stereocenters. The first-order chi connectivity index (χ1) is 10.6. The van der Waals surface area contributed by atoms with Crippen molar-refractivity contribution in [3.8, 4) is 0 Å². The first kappa shape index (κ1) is 15.4. The van der Waals surface area contributed by atoms with Crippen LogP contribution in [0, 0.1) is 0 Å². The number of carbonyl (C=O) groups is 1. The van der Waals surface area contributed by atoms with Crippen molar-refractivity contribution in [1.29, 1.82) is 0 Å². The Labute approximate surface area is 142 Å². The lowest BCUT2D eigenvalue weighted by molar-refractivity contribution is 0.0746. The van der Waals surface area contributed by atoms with Crippen molar-refractivity contribution in [3.05, 3.63) is 45.7 Å². The van der Waals surface area contributed by atoms with Crippen LogP contribution in [0.2, 0.25) is 5.02 Å². The lowest BCUT2D eigenvalue weighted by atomic mass is 10.2. The highest BCUT2D eigenvalue weighted by molar-refractivity contribution is 9.10. The number of aromatic nitrogens is 2. The number of nitrogens with zero attached hydrogens (tertiary/aromatic N) is 4. The summed E-state index contributed by atoms with van der Waals surface area (Å²) in [6.45, 7) is 2.85. The Hall–Kier alpha value is -1.53. The molecule has 0 saturated carbocycles. The van der Waals surface area contributed by atoms with Crippen LogP contribution in [0.4, 0.5) is 5.95 Å². The number of anilines is 1. The second kappa shape index (κ2) is 6.30. The summed E-state index contributed by atoms with van der Waals surface area (Å²) in [4.78, 5) is 21.0. The van der Waals surface area contributed by atoms with Gasteiger partial charge in [-0.05, 0) is 18.2 Å². The summed E-state index contributed by atoms with van der Waals surface area (Å²) in [5.74, 6) is 0.915. The fourth-order valence-electron chi connectivity index (χ4n) is 2.60. The smallest absolute Gasteiger partial charge is 0.255 e. The lowest BCUT2D eigenvalue weighted by Crippen LogP contribution is -2.49. The molecule has 22 heavy (non-hydrogen) atoms. The van der Waals surface area contributed by atoms with Gasteiger partial charge in [0.05, 0.1) is 10.6 Å². The molecule has 0 aliphatic carbocycles. The van der Waals surface area contributed by atoms with Gasteiger partial charge in [0.25, 0.3) is 5.91 Å². The molecule has 3 rings (SSSR count). The summed E-state index contributed by atoms with van der Waals surface area (Å²) in [6, 6.07) is 5.34. The van der Waals surface area contributed by atoms with Crippen molar-refractivity contribution >= 4 is 39.4 Å². The summed E-state index contributed by atoms with van der Waals surface area (Å²) in [5, 5.41) is 0.486. The Morgan fingerprint density at radius 1 is 1.27 bits per heavy atom. The van der Waals surface area contributed by atoms with Gasteiger partial charge in [0.2, 0.25) is 5.95 Å². The van der Waals surface area contributed by atoms with Crippen LogP contribution in [0.1, 0.15) is 10.4 Å². The highest BCUT2D eigenvalue weighted by Crippen LogP contribution is 2.23. The Bertz CT molecular complexity index is 695. The molecule has 0 bridgehead atoms. The van der Waals surface area contributed by atoms with Gasteiger partial charge in [-0.25, -0.2) is 4.98 Å². The molecular weight excluding hydrogens is 368 g/mol. The number of halogens is 2. The zero-order valence-electron chi connectivity index (χ0n) is 12.2. The van der Waals surface area contributed by atoms with Crippen LogP contribution >= 0.6 is 27.5 Å². The number of rotatable bonds is 2. The van der Waals surface area contributed by atoms with Crippen LogP contribution in [0.3, 0.4) is 0 Å². The predicted octanol–water partition coefficient (Wildman–Crippen LogP) is 2.80. The molecule has 1 amide bonds. The summed E-state index contributed by atoms with van der Waals surface area (Å²) in [7, 11) is 1.97. The molecule has 1 aliphatic rings. The van der Waals surface area contributed by atoms with Gasteiger partial charge in [0.1, 0.15) is 0 Å². The number of hydrogen-bond donors (Lipinski definition) is 0. The third kappa shape index (κ3) is 2.98. The van der Waals surface area contributed by atoms with Crippen LogP contribution in [-0.4, -0.2) is 46.5 Å². The molecular formula is C15H16BrClN4O. The molecule has 0 N–H and O–H groups in total. The average Bonchev–Trinajstić information content (AvgIpc) is 2.95. The second-order valence-corrected chi connectivity index (χ2v) is 6.56. The highest BCUT2D eigenvalue weighted by Gasteiger charge is 2.25. The normalized spacial score (nSPS) is 15.2. The molecule has 0 spiro atoms. The minimum atomic E-state index is -0.0224. The Balaban J connectivity index is 1.70. The van der Waals surface area contributed by atoms with Crippen LogP contribution in [0.5, 0.6) is 0 Å². The molecule has 7 heteroatoms. The van der Waals surface area contributed by atoms with E-state index in [2.05, 4.69) is 25.8 Å². The van der Waals surface area contributed by atoms with Crippen LogP contribution in [-0.2, 0) is 7.05 Å². The van der Waals surface area contributed by atoms with E-state index in [0.717, 1.165) is 23.5 Å². The van der Waals surface area contributed by atoms with E-state index in [0.29, 0.717) is 23.7 Å². The van der Waals surface area contributed by atoms with E-state index in [1.165, 1.54) is 0 Å². The second-order valence-electron chi connectivity index (χ2n) is 5.24. The zero-order chi connectivity index (χ0) is 15.7. The van der Waals surface area contributed by atoms with Crippen LogP contribution in [0.15, 0.2) is 35.1 Å². The van der Waals surface area contributed by atoms with Gasteiger partial charge < -0.3 is 14.4 Å². The molecule has 5 nitrogen and oxygen atoms in total. The van der Waals surface area contributed by atoms with Gasteiger partial charge in [-0.1, -0.05) is 27.5 Å². The SMILES string of the molecule is Cn1ccnc1N1CCN(C(=O)c2cc(Br)ccc2Cl)CC1. The largest absolute Gasteiger partial charge is 0.339 e. The number of piperazine rings is 1. The quantitative estimate of drug-likeness (QED) is 0.801. The highest BCUT2D eigenvalue weighted by atomic mass is 79.9. The van der Waals surface area contributed by atoms with E-state index >= 15 is 0 Å². The third-order valence-electron chi connectivity index (χ3n) is 3.80. The maximum absolute atomic E-state index is 12.6. The van der Waals surface area contributed by atoms with Gasteiger partial charge >= 0.3 is 0 Å². The number of benzene rings is 1. The van der Waals surface area contributed by atoms with Gasteiger partial charge in [-0.2, -0.15) is 0 Å². The molecule has 116 valence electrons. The average molecular weight is 384 g/mol. The monoisotopic (exact) mass is 382 g/mol. The van der Waals surface area contributed by atoms with E-state index < -0.39 is 0 Å². The van der Waals surface area contributed by atoms with Crippen molar-refractivity contribution in [3.63, 3.8) is 0 Å². The Morgan fingerprint density at radius 3 is 2.64 bits per heavy atom. The number of aryl methyl sites for hydroxylation is 1. The summed E-state index contributed by atoms with van der Waals surface area (Å²) >= 11 is 9.53. The molecule has 2 aromatic rings. The van der Waals surface area contributed by atoms with Gasteiger partial charge in [0.15, 0.2) is 0 Å². The fraction of sp³-hybridized carbons (Fsp3) is 0.333. The van der Waals surface area contributed by atoms with Crippen molar-refractivity contribution in [1.82, 2.24) is 14.5 Å². The molecule has 0 atom stereocenters. The van der Waals surface area contributed by atoms with Gasteiger partial charge in [0, 0.05) is 50.1 Å². The predicted molar refractivity (Wildman–Crippen MR) is 90.5 cm³/mol. The lowest BCUT2D eigenvalue weighted by Gasteiger charge is -2.35. The van der Waals surface area contributed by atoms with E-state index in [9.17, 15) is 4.79 Å². The van der Waals surface area contributed by atoms with Crippen molar-refractivity contribution < 1.29 is 4.79 Å². The van der Waals surface area contributed by atoms with Crippen molar-refractivity contribution in [2.75, 3.05) is 31.1 Å². The minimum Gasteiger partial charge on any atom is -0.339 e. The molecule has 1 aromatic heterocycles. The molecule has 0 radical (unpaired) electrons. The van der Waals surface area contributed by atoms with Crippen LogP contribution < -0.4 is 4.90 Å². The van der Waals surface area contributed by atoms with E-state index in [4.69, 9.17) is 11.6 Å². The molecule has 2 heterocycles. The molecule has 1 aliphatic heterocycles. The number of hydrogen-bond acceptors (Lipinski definition) is 3. The molecule has 1 aromatic carbocycles. The summed E-state index contributed by atoms with van der Waals surface area (Å²) < 4.78 is 2.84. The van der Waals surface area contributed by atoms with Gasteiger partial charge in [-0.3, -0.25) is 4.79 Å². The van der Waals surface area contributed by atoms with E-state index in [1.54, 1.807) is 18.3 Å². The first-order valence-corrected chi connectivity index (χ1v) is 8.20. The molecule has 1 fully saturated rings. The molecule has 1 saturated heterocycles. The van der Waals surface area contributed by atoms with Gasteiger partial charge in [-0.15, -0.1) is 0 Å². The van der Waals surface area contributed by atoms with Crippen LogP contribution in [0.25, 0.3) is 0 Å². The topological polar surface area (TPSA) is 41.4 Å². The fourth-order valence-corrected chi connectivity index (χ4v) is 3.16. The maximum Gasteiger partial charge on any atom is 0.255 e. The van der Waals surface area contributed by atoms with E-state index in [-0.39, 0.29) is 5.91 Å².